The molecule has 0 bridgehead atoms. The summed E-state index contributed by atoms with van der Waals surface area (Å²) in [6.07, 6.45) is 1.72. The number of halogens is 1. The average Bonchev–Trinajstić information content (AvgIpc) is 2.46. The summed E-state index contributed by atoms with van der Waals surface area (Å²) >= 11 is 3.28. The van der Waals surface area contributed by atoms with Crippen LogP contribution in [0.15, 0.2) is 27.6 Å². The first-order chi connectivity index (χ1) is 9.82. The Labute approximate surface area is 132 Å². The lowest BCUT2D eigenvalue weighted by Crippen LogP contribution is -2.40. The molecule has 0 radical (unpaired) electrons. The second kappa shape index (κ2) is 6.43. The molecule has 21 heavy (non-hydrogen) atoms. The van der Waals surface area contributed by atoms with E-state index in [2.05, 4.69) is 15.9 Å². The fourth-order valence-electron chi connectivity index (χ4n) is 2.31. The SMILES string of the molecule is COC1CCN(C(=O)c2cc(S(N)(=O)=O)ccc2Br)CC1. The van der Waals surface area contributed by atoms with Gasteiger partial charge in [-0.3, -0.25) is 4.79 Å². The van der Waals surface area contributed by atoms with E-state index in [1.54, 1.807) is 12.0 Å². The third-order valence-corrected chi connectivity index (χ3v) is 5.16. The molecule has 0 saturated carbocycles. The fraction of sp³-hybridized carbons (Fsp3) is 0.462. The molecule has 0 aromatic heterocycles. The van der Waals surface area contributed by atoms with Gasteiger partial charge in [0.25, 0.3) is 5.91 Å². The largest absolute Gasteiger partial charge is 0.381 e. The number of likely N-dealkylation sites (tertiary alicyclic amines) is 1. The molecule has 0 spiro atoms. The maximum absolute atomic E-state index is 12.5. The van der Waals surface area contributed by atoms with Crippen molar-refractivity contribution in [3.63, 3.8) is 0 Å². The Morgan fingerprint density at radius 2 is 2.00 bits per heavy atom. The smallest absolute Gasteiger partial charge is 0.255 e. The molecular weight excluding hydrogens is 360 g/mol. The number of methoxy groups -OCH3 is 1. The minimum atomic E-state index is -3.83. The molecule has 2 rings (SSSR count). The van der Waals surface area contributed by atoms with Gasteiger partial charge in [-0.05, 0) is 47.0 Å². The topological polar surface area (TPSA) is 89.7 Å². The van der Waals surface area contributed by atoms with Crippen molar-refractivity contribution in [3.05, 3.63) is 28.2 Å². The zero-order valence-corrected chi connectivity index (χ0v) is 14.0. The first-order valence-corrected chi connectivity index (χ1v) is 8.81. The van der Waals surface area contributed by atoms with Crippen molar-refractivity contribution in [1.29, 1.82) is 0 Å². The molecule has 1 saturated heterocycles. The maximum atomic E-state index is 12.5. The van der Waals surface area contributed by atoms with E-state index in [0.29, 0.717) is 23.1 Å². The molecule has 6 nitrogen and oxygen atoms in total. The lowest BCUT2D eigenvalue weighted by Gasteiger charge is -2.31. The molecule has 1 amide bonds. The highest BCUT2D eigenvalue weighted by Gasteiger charge is 2.25. The van der Waals surface area contributed by atoms with Gasteiger partial charge in [0, 0.05) is 24.7 Å². The van der Waals surface area contributed by atoms with Crippen LogP contribution < -0.4 is 5.14 Å². The van der Waals surface area contributed by atoms with Crippen molar-refractivity contribution < 1.29 is 17.9 Å². The Balaban J connectivity index is 2.23. The number of hydrogen-bond acceptors (Lipinski definition) is 4. The van der Waals surface area contributed by atoms with Gasteiger partial charge < -0.3 is 9.64 Å². The van der Waals surface area contributed by atoms with Gasteiger partial charge >= 0.3 is 0 Å². The summed E-state index contributed by atoms with van der Waals surface area (Å²) in [6, 6.07) is 4.20. The summed E-state index contributed by atoms with van der Waals surface area (Å²) in [5.74, 6) is -0.207. The number of hydrogen-bond donors (Lipinski definition) is 1. The van der Waals surface area contributed by atoms with Gasteiger partial charge in [-0.1, -0.05) is 0 Å². The molecule has 1 aromatic carbocycles. The Kier molecular flexibility index (Phi) is 5.03. The molecule has 0 atom stereocenters. The number of ether oxygens (including phenoxy) is 1. The number of rotatable bonds is 3. The second-order valence-corrected chi connectivity index (χ2v) is 7.33. The minimum absolute atomic E-state index is 0.0687. The van der Waals surface area contributed by atoms with Crippen molar-refractivity contribution in [1.82, 2.24) is 4.90 Å². The van der Waals surface area contributed by atoms with E-state index in [4.69, 9.17) is 9.88 Å². The van der Waals surface area contributed by atoms with E-state index < -0.39 is 10.0 Å². The number of piperidine rings is 1. The highest BCUT2D eigenvalue weighted by atomic mass is 79.9. The summed E-state index contributed by atoms with van der Waals surface area (Å²) in [5, 5.41) is 5.11. The van der Waals surface area contributed by atoms with Gasteiger partial charge in [0.1, 0.15) is 0 Å². The lowest BCUT2D eigenvalue weighted by molar-refractivity contribution is 0.0350. The number of primary sulfonamides is 1. The zero-order chi connectivity index (χ0) is 15.6. The summed E-state index contributed by atoms with van der Waals surface area (Å²) in [6.45, 7) is 1.17. The number of amides is 1. The number of nitrogens with two attached hydrogens (primary N) is 1. The highest BCUT2D eigenvalue weighted by molar-refractivity contribution is 9.10. The van der Waals surface area contributed by atoms with E-state index >= 15 is 0 Å². The second-order valence-electron chi connectivity index (χ2n) is 4.91. The maximum Gasteiger partial charge on any atom is 0.255 e. The standard InChI is InChI=1S/C13H17BrN2O4S/c1-20-9-4-6-16(7-5-9)13(17)11-8-10(21(15,18)19)2-3-12(11)14/h2-3,8-9H,4-7H2,1H3,(H2,15,18,19). The van der Waals surface area contributed by atoms with Crippen LogP contribution in [0.2, 0.25) is 0 Å². The van der Waals surface area contributed by atoms with E-state index in [1.165, 1.54) is 18.2 Å². The van der Waals surface area contributed by atoms with Crippen LogP contribution >= 0.6 is 15.9 Å². The predicted octanol–water partition coefficient (Wildman–Crippen LogP) is 1.35. The van der Waals surface area contributed by atoms with E-state index in [9.17, 15) is 13.2 Å². The first-order valence-electron chi connectivity index (χ1n) is 6.47. The fourth-order valence-corrected chi connectivity index (χ4v) is 3.27. The monoisotopic (exact) mass is 376 g/mol. The van der Waals surface area contributed by atoms with E-state index in [-0.39, 0.29) is 16.9 Å². The van der Waals surface area contributed by atoms with Crippen molar-refractivity contribution in [2.75, 3.05) is 20.2 Å². The highest BCUT2D eigenvalue weighted by Crippen LogP contribution is 2.24. The van der Waals surface area contributed by atoms with Crippen LogP contribution in [0.3, 0.4) is 0 Å². The van der Waals surface area contributed by atoms with Gasteiger partial charge in [0.05, 0.1) is 16.6 Å². The molecule has 0 aliphatic carbocycles. The summed E-state index contributed by atoms with van der Waals surface area (Å²) in [5.41, 5.74) is 0.303. The van der Waals surface area contributed by atoms with Gasteiger partial charge in [-0.15, -0.1) is 0 Å². The summed E-state index contributed by atoms with van der Waals surface area (Å²) < 4.78 is 28.6. The molecule has 1 fully saturated rings. The van der Waals surface area contributed by atoms with Crippen molar-refractivity contribution in [2.24, 2.45) is 5.14 Å². The third kappa shape index (κ3) is 3.82. The van der Waals surface area contributed by atoms with Gasteiger partial charge in [-0.25, -0.2) is 13.6 Å². The number of benzene rings is 1. The normalized spacial score (nSPS) is 17.0. The van der Waals surface area contributed by atoms with E-state index in [1.807, 2.05) is 0 Å². The van der Waals surface area contributed by atoms with Crippen LogP contribution in [-0.2, 0) is 14.8 Å². The minimum Gasteiger partial charge on any atom is -0.381 e. The number of carbonyl (C=O) groups excluding carboxylic acids is 1. The molecule has 116 valence electrons. The Bertz CT molecular complexity index is 640. The average molecular weight is 377 g/mol. The van der Waals surface area contributed by atoms with Gasteiger partial charge in [0.2, 0.25) is 10.0 Å². The predicted molar refractivity (Wildman–Crippen MR) is 81.4 cm³/mol. The van der Waals surface area contributed by atoms with Crippen LogP contribution in [0.5, 0.6) is 0 Å². The van der Waals surface area contributed by atoms with Crippen LogP contribution in [0.1, 0.15) is 23.2 Å². The molecule has 8 heteroatoms. The third-order valence-electron chi connectivity index (χ3n) is 3.56. The van der Waals surface area contributed by atoms with E-state index in [0.717, 1.165) is 12.8 Å². The molecule has 1 aliphatic rings. The zero-order valence-electron chi connectivity index (χ0n) is 11.6. The molecule has 1 aromatic rings. The lowest BCUT2D eigenvalue weighted by atomic mass is 10.1. The summed E-state index contributed by atoms with van der Waals surface area (Å²) in [7, 11) is -2.17. The number of sulfonamides is 1. The summed E-state index contributed by atoms with van der Waals surface area (Å²) in [4.78, 5) is 14.1. The Hall–Kier alpha value is -0.960. The van der Waals surface area contributed by atoms with Gasteiger partial charge in [0.15, 0.2) is 0 Å². The first kappa shape index (κ1) is 16.4. The van der Waals surface area contributed by atoms with Crippen LogP contribution in [0.25, 0.3) is 0 Å². The molecule has 2 N–H and O–H groups in total. The molecule has 0 unspecified atom stereocenters. The van der Waals surface area contributed by atoms with Crippen LogP contribution in [0, 0.1) is 0 Å². The van der Waals surface area contributed by atoms with Crippen molar-refractivity contribution >= 4 is 31.9 Å². The molecular formula is C13H17BrN2O4S. The molecule has 1 heterocycles. The Morgan fingerprint density at radius 3 is 2.52 bits per heavy atom. The number of nitrogens with zero attached hydrogens (tertiary/aromatic N) is 1. The molecule has 1 aliphatic heterocycles. The van der Waals surface area contributed by atoms with Crippen LogP contribution in [0.4, 0.5) is 0 Å². The van der Waals surface area contributed by atoms with Gasteiger partial charge in [-0.2, -0.15) is 0 Å². The van der Waals surface area contributed by atoms with Crippen LogP contribution in [-0.4, -0.2) is 45.5 Å². The Morgan fingerprint density at radius 1 is 1.38 bits per heavy atom. The van der Waals surface area contributed by atoms with Crippen molar-refractivity contribution in [2.45, 2.75) is 23.8 Å². The van der Waals surface area contributed by atoms with Crippen molar-refractivity contribution in [3.8, 4) is 0 Å². The quantitative estimate of drug-likeness (QED) is 0.861. The number of carbonyl (C=O) groups is 1.